The zero-order valence-electron chi connectivity index (χ0n) is 5.65. The van der Waals surface area contributed by atoms with E-state index in [1.165, 1.54) is 0 Å². The van der Waals surface area contributed by atoms with Crippen LogP contribution in [-0.4, -0.2) is 29.9 Å². The molecule has 3 aliphatic heterocycles. The van der Waals surface area contributed by atoms with Crippen molar-refractivity contribution in [1.82, 2.24) is 0 Å². The highest BCUT2D eigenvalue weighted by Crippen LogP contribution is 2.61. The van der Waals surface area contributed by atoms with Crippen LogP contribution in [0.4, 0.5) is 0 Å². The van der Waals surface area contributed by atoms with E-state index in [0.29, 0.717) is 19.8 Å². The number of hydrogen-bond donors (Lipinski definition) is 1. The zero-order chi connectivity index (χ0) is 7.95. The Morgan fingerprint density at radius 2 is 1.73 bits per heavy atom. The fourth-order valence-corrected chi connectivity index (χ4v) is 3.63. The van der Waals surface area contributed by atoms with Gasteiger partial charge < -0.3 is 18.5 Å². The summed E-state index contributed by atoms with van der Waals surface area (Å²) < 4.78 is 15.6. The standard InChI is InChI=1S/C4H8O4P2S/c5-9-4-1-6-10(11,7-2-4)8-3-4/h5,9H,1-3H2. The third-order valence-corrected chi connectivity index (χ3v) is 4.93. The van der Waals surface area contributed by atoms with Crippen molar-refractivity contribution in [3.05, 3.63) is 0 Å². The molecule has 0 aromatic rings. The van der Waals surface area contributed by atoms with Crippen LogP contribution in [0.3, 0.4) is 0 Å². The van der Waals surface area contributed by atoms with E-state index in [1.807, 2.05) is 0 Å². The fraction of sp³-hybridized carbons (Fsp3) is 1.00. The van der Waals surface area contributed by atoms with Crippen LogP contribution in [-0.2, 0) is 25.4 Å². The molecule has 0 aromatic carbocycles. The van der Waals surface area contributed by atoms with Crippen molar-refractivity contribution in [2.24, 2.45) is 0 Å². The highest BCUT2D eigenvalue weighted by Gasteiger charge is 2.47. The largest absolute Gasteiger partial charge is 0.376 e. The minimum absolute atomic E-state index is 0.202. The zero-order valence-corrected chi connectivity index (χ0v) is 8.36. The lowest BCUT2D eigenvalue weighted by Gasteiger charge is -2.44. The summed E-state index contributed by atoms with van der Waals surface area (Å²) in [5, 5.41) is -0.319. The maximum Gasteiger partial charge on any atom is 0.327 e. The molecule has 3 heterocycles. The summed E-state index contributed by atoms with van der Waals surface area (Å²) in [5.41, 5.74) is 0. The van der Waals surface area contributed by atoms with Crippen LogP contribution >= 0.6 is 15.5 Å². The van der Waals surface area contributed by atoms with E-state index in [9.17, 15) is 0 Å². The van der Waals surface area contributed by atoms with E-state index in [0.717, 1.165) is 0 Å². The SMILES string of the molecule is OPC12COP(=S)(OC1)OC2. The second-order valence-electron chi connectivity index (χ2n) is 2.66. The first-order chi connectivity index (χ1) is 5.18. The number of fused-ring (bicyclic) bond motifs is 3. The highest BCUT2D eigenvalue weighted by atomic mass is 32.5. The van der Waals surface area contributed by atoms with Crippen molar-refractivity contribution in [3.63, 3.8) is 0 Å². The summed E-state index contributed by atoms with van der Waals surface area (Å²) in [6.07, 6.45) is 0. The van der Waals surface area contributed by atoms with E-state index in [2.05, 4.69) is 0 Å². The Morgan fingerprint density at radius 3 is 2.09 bits per heavy atom. The molecular weight excluding hydrogens is 206 g/mol. The topological polar surface area (TPSA) is 47.9 Å². The van der Waals surface area contributed by atoms with Crippen LogP contribution in [0.2, 0.25) is 0 Å². The first-order valence-electron chi connectivity index (χ1n) is 3.13. The van der Waals surface area contributed by atoms with Gasteiger partial charge in [0.05, 0.1) is 25.0 Å². The van der Waals surface area contributed by atoms with Gasteiger partial charge in [-0.15, -0.1) is 0 Å². The second kappa shape index (κ2) is 2.71. The summed E-state index contributed by atoms with van der Waals surface area (Å²) >= 11 is 4.96. The molecule has 3 rings (SSSR count). The Hall–Kier alpha value is 0.920. The molecule has 64 valence electrons. The van der Waals surface area contributed by atoms with Crippen molar-refractivity contribution in [1.29, 1.82) is 0 Å². The number of hydrogen-bond acceptors (Lipinski definition) is 5. The molecule has 0 amide bonds. The lowest BCUT2D eigenvalue weighted by Crippen LogP contribution is -2.47. The summed E-state index contributed by atoms with van der Waals surface area (Å²) in [5.74, 6) is 0. The van der Waals surface area contributed by atoms with Crippen LogP contribution < -0.4 is 0 Å². The Labute approximate surface area is 71.3 Å². The van der Waals surface area contributed by atoms with E-state index in [1.54, 1.807) is 0 Å². The third kappa shape index (κ3) is 1.40. The van der Waals surface area contributed by atoms with Gasteiger partial charge in [0.15, 0.2) is 0 Å². The summed E-state index contributed by atoms with van der Waals surface area (Å²) in [6, 6.07) is 0. The van der Waals surface area contributed by atoms with Gasteiger partial charge in [-0.3, -0.25) is 0 Å². The Morgan fingerprint density at radius 1 is 1.27 bits per heavy atom. The van der Waals surface area contributed by atoms with Crippen LogP contribution in [0.1, 0.15) is 0 Å². The van der Waals surface area contributed by atoms with Gasteiger partial charge in [0.1, 0.15) is 0 Å². The first kappa shape index (κ1) is 8.52. The van der Waals surface area contributed by atoms with Gasteiger partial charge in [0.2, 0.25) is 0 Å². The molecule has 0 aliphatic carbocycles. The summed E-state index contributed by atoms with van der Waals surface area (Å²) in [7, 11) is -0.202. The van der Waals surface area contributed by atoms with Crippen molar-refractivity contribution in [3.8, 4) is 0 Å². The Bertz CT molecular complexity index is 189. The van der Waals surface area contributed by atoms with Gasteiger partial charge in [-0.1, -0.05) is 0 Å². The predicted octanol–water partition coefficient (Wildman–Crippen LogP) is 0.612. The molecule has 1 unspecified atom stereocenters. The van der Waals surface area contributed by atoms with Crippen molar-refractivity contribution in [2.45, 2.75) is 5.16 Å². The smallest absolute Gasteiger partial charge is 0.327 e. The molecule has 0 aromatic heterocycles. The Balaban J connectivity index is 2.18. The molecule has 4 nitrogen and oxygen atoms in total. The van der Waals surface area contributed by atoms with Gasteiger partial charge in [-0.25, -0.2) is 0 Å². The molecule has 2 bridgehead atoms. The predicted molar refractivity (Wildman–Crippen MR) is 45.4 cm³/mol. The van der Waals surface area contributed by atoms with Crippen molar-refractivity contribution >= 4 is 27.3 Å². The molecule has 11 heavy (non-hydrogen) atoms. The summed E-state index contributed by atoms with van der Waals surface area (Å²) in [6.45, 7) is -0.901. The molecule has 1 N–H and O–H groups in total. The van der Waals surface area contributed by atoms with Crippen molar-refractivity contribution < 1.29 is 18.5 Å². The third-order valence-electron chi connectivity index (χ3n) is 1.73. The lowest BCUT2D eigenvalue weighted by atomic mass is 10.2. The van der Waals surface area contributed by atoms with Crippen LogP contribution in [0, 0.1) is 0 Å². The van der Waals surface area contributed by atoms with E-state index >= 15 is 0 Å². The minimum atomic E-state index is -2.36. The molecule has 3 saturated heterocycles. The molecule has 3 fully saturated rings. The van der Waals surface area contributed by atoms with E-state index in [-0.39, 0.29) is 14.0 Å². The molecule has 1 atom stereocenters. The highest BCUT2D eigenvalue weighted by molar-refractivity contribution is 8.07. The minimum Gasteiger partial charge on any atom is -0.376 e. The lowest BCUT2D eigenvalue weighted by molar-refractivity contribution is 0.00969. The van der Waals surface area contributed by atoms with Gasteiger partial charge in [-0.05, 0) is 11.8 Å². The molecule has 0 saturated carbocycles. The molecule has 3 aliphatic rings. The quantitative estimate of drug-likeness (QED) is 0.648. The van der Waals surface area contributed by atoms with Crippen LogP contribution in [0.5, 0.6) is 0 Å². The monoisotopic (exact) mass is 214 g/mol. The van der Waals surface area contributed by atoms with Crippen LogP contribution in [0.25, 0.3) is 0 Å². The van der Waals surface area contributed by atoms with Crippen molar-refractivity contribution in [2.75, 3.05) is 19.8 Å². The molecule has 7 heteroatoms. The average Bonchev–Trinajstić information content (AvgIpc) is 2.07. The molecule has 0 radical (unpaired) electrons. The van der Waals surface area contributed by atoms with Gasteiger partial charge in [-0.2, -0.15) is 0 Å². The molecular formula is C4H8O4P2S. The van der Waals surface area contributed by atoms with E-state index < -0.39 is 6.72 Å². The summed E-state index contributed by atoms with van der Waals surface area (Å²) in [4.78, 5) is 9.02. The van der Waals surface area contributed by atoms with Gasteiger partial charge in [0, 0.05) is 8.81 Å². The van der Waals surface area contributed by atoms with Gasteiger partial charge >= 0.3 is 6.72 Å². The Kier molecular flexibility index (Phi) is 2.10. The first-order valence-corrected chi connectivity index (χ1v) is 6.63. The average molecular weight is 214 g/mol. The fourth-order valence-electron chi connectivity index (χ4n) is 0.941. The molecule has 0 spiro atoms. The van der Waals surface area contributed by atoms with Gasteiger partial charge in [0.25, 0.3) is 0 Å². The van der Waals surface area contributed by atoms with Crippen LogP contribution in [0.15, 0.2) is 0 Å². The maximum absolute atomic E-state index is 9.02. The maximum atomic E-state index is 9.02. The normalized spacial score (nSPS) is 50.6. The second-order valence-corrected chi connectivity index (χ2v) is 6.95. The van der Waals surface area contributed by atoms with E-state index in [4.69, 9.17) is 30.3 Å². The number of rotatable bonds is 1.